The Balaban J connectivity index is 1.63. The van der Waals surface area contributed by atoms with Gasteiger partial charge in [0.25, 0.3) is 0 Å². The molecule has 2 N–H and O–H groups in total. The van der Waals surface area contributed by atoms with E-state index in [0.717, 1.165) is 32.5 Å². The van der Waals surface area contributed by atoms with E-state index >= 15 is 0 Å². The summed E-state index contributed by atoms with van der Waals surface area (Å²) in [5, 5.41) is 6.27. The summed E-state index contributed by atoms with van der Waals surface area (Å²) in [7, 11) is -1.38. The summed E-state index contributed by atoms with van der Waals surface area (Å²) in [4.78, 5) is 11.3. The van der Waals surface area contributed by atoms with Gasteiger partial charge in [0.1, 0.15) is 5.82 Å². The molecule has 0 amide bonds. The Kier molecular flexibility index (Phi) is 7.85. The van der Waals surface area contributed by atoms with Crippen molar-refractivity contribution in [3.63, 3.8) is 0 Å². The van der Waals surface area contributed by atoms with Crippen molar-refractivity contribution >= 4 is 21.6 Å². The lowest BCUT2D eigenvalue weighted by Crippen LogP contribution is -2.37. The van der Waals surface area contributed by atoms with Gasteiger partial charge in [0.15, 0.2) is 9.84 Å². The number of sulfone groups is 1. The highest BCUT2D eigenvalue weighted by Crippen LogP contribution is 2.29. The second-order valence-corrected chi connectivity index (χ2v) is 9.72. The Morgan fingerprint density at radius 3 is 2.90 bits per heavy atom. The molecule has 2 aliphatic heterocycles. The Hall–Kier alpha value is -1.97. The topological polar surface area (TPSA) is 96.5 Å². The number of anilines is 2. The summed E-state index contributed by atoms with van der Waals surface area (Å²) in [6, 6.07) is 0.272. The van der Waals surface area contributed by atoms with Gasteiger partial charge in [-0.25, -0.2) is 13.4 Å². The fourth-order valence-electron chi connectivity index (χ4n) is 3.85. The van der Waals surface area contributed by atoms with Gasteiger partial charge >= 0.3 is 0 Å². The first kappa shape index (κ1) is 22.7. The van der Waals surface area contributed by atoms with Crippen LogP contribution in [0.15, 0.2) is 23.8 Å². The molecule has 0 aliphatic carbocycles. The Morgan fingerprint density at radius 1 is 1.30 bits per heavy atom. The Morgan fingerprint density at radius 2 is 2.13 bits per heavy atom. The molecule has 1 aromatic rings. The van der Waals surface area contributed by atoms with Crippen molar-refractivity contribution < 1.29 is 13.2 Å². The maximum atomic E-state index is 12.0. The van der Waals surface area contributed by atoms with Gasteiger partial charge < -0.3 is 15.4 Å². The highest BCUT2D eigenvalue weighted by atomic mass is 32.2. The predicted octanol–water partition coefficient (Wildman–Crippen LogP) is 2.36. The van der Waals surface area contributed by atoms with Gasteiger partial charge in [0.05, 0.1) is 23.8 Å². The van der Waals surface area contributed by atoms with Crippen LogP contribution in [0.1, 0.15) is 37.9 Å². The number of rotatable bonds is 8. The van der Waals surface area contributed by atoms with Crippen molar-refractivity contribution in [1.29, 1.82) is 0 Å². The molecule has 3 heterocycles. The molecule has 1 atom stereocenters. The van der Waals surface area contributed by atoms with E-state index in [9.17, 15) is 8.42 Å². The van der Waals surface area contributed by atoms with Gasteiger partial charge in [-0.05, 0) is 31.9 Å². The van der Waals surface area contributed by atoms with Crippen LogP contribution in [0.25, 0.3) is 0 Å². The maximum absolute atomic E-state index is 12.0. The SMILES string of the molecule is CCN(CCNc1nc2c(c(NC)n1)CS(=O)(=O)C2)C(C)C1=CCOCCCC=C1. The smallest absolute Gasteiger partial charge is 0.224 e. The largest absolute Gasteiger partial charge is 0.377 e. The molecule has 1 unspecified atom stereocenters. The molecule has 0 spiro atoms. The average molecular weight is 436 g/mol. The van der Waals surface area contributed by atoms with Crippen molar-refractivity contribution in [2.45, 2.75) is 44.2 Å². The fourth-order valence-corrected chi connectivity index (χ4v) is 5.35. The van der Waals surface area contributed by atoms with Crippen molar-refractivity contribution in [3.8, 4) is 0 Å². The van der Waals surface area contributed by atoms with E-state index in [2.05, 4.69) is 57.6 Å². The Bertz CT molecular complexity index is 898. The van der Waals surface area contributed by atoms with Crippen molar-refractivity contribution in [2.75, 3.05) is 50.5 Å². The van der Waals surface area contributed by atoms with Crippen molar-refractivity contribution in [1.82, 2.24) is 14.9 Å². The number of hydrogen-bond acceptors (Lipinski definition) is 8. The first-order chi connectivity index (χ1) is 14.4. The van der Waals surface area contributed by atoms with E-state index in [4.69, 9.17) is 4.74 Å². The molecule has 1 aromatic heterocycles. The normalized spacial score (nSPS) is 19.4. The van der Waals surface area contributed by atoms with Gasteiger partial charge in [-0.3, -0.25) is 4.90 Å². The molecule has 0 radical (unpaired) electrons. The minimum atomic E-state index is -3.13. The average Bonchev–Trinajstić information content (AvgIpc) is 3.10. The second kappa shape index (κ2) is 10.4. The first-order valence-electron chi connectivity index (χ1n) is 10.6. The van der Waals surface area contributed by atoms with Crippen molar-refractivity contribution in [3.05, 3.63) is 35.1 Å². The van der Waals surface area contributed by atoms with E-state index in [1.165, 1.54) is 5.57 Å². The second-order valence-electron chi connectivity index (χ2n) is 7.66. The molecule has 30 heavy (non-hydrogen) atoms. The van der Waals surface area contributed by atoms with E-state index in [1.807, 2.05) is 0 Å². The number of fused-ring (bicyclic) bond motifs is 1. The monoisotopic (exact) mass is 435 g/mol. The summed E-state index contributed by atoms with van der Waals surface area (Å²) >= 11 is 0. The molecule has 0 fully saturated rings. The number of nitrogens with zero attached hydrogens (tertiary/aromatic N) is 3. The fraction of sp³-hybridized carbons (Fsp3) is 0.619. The molecule has 166 valence electrons. The number of allylic oxidation sites excluding steroid dienone is 1. The van der Waals surface area contributed by atoms with Crippen LogP contribution in [0.3, 0.4) is 0 Å². The zero-order chi connectivity index (χ0) is 21.6. The summed E-state index contributed by atoms with van der Waals surface area (Å²) in [5.41, 5.74) is 2.56. The molecule has 0 saturated carbocycles. The molecule has 0 aromatic carbocycles. The van der Waals surface area contributed by atoms with Crippen LogP contribution in [-0.2, 0) is 26.1 Å². The third-order valence-electron chi connectivity index (χ3n) is 5.58. The van der Waals surface area contributed by atoms with Crippen LogP contribution >= 0.6 is 0 Å². The summed E-state index contributed by atoms with van der Waals surface area (Å²) in [6.45, 7) is 8.23. The number of aromatic nitrogens is 2. The van der Waals surface area contributed by atoms with E-state index in [-0.39, 0.29) is 17.5 Å². The molecule has 0 saturated heterocycles. The predicted molar refractivity (Wildman–Crippen MR) is 120 cm³/mol. The maximum Gasteiger partial charge on any atom is 0.224 e. The zero-order valence-electron chi connectivity index (χ0n) is 18.1. The molecular formula is C21H33N5O3S. The lowest BCUT2D eigenvalue weighted by atomic mass is 10.1. The van der Waals surface area contributed by atoms with Crippen LogP contribution in [0.4, 0.5) is 11.8 Å². The molecular weight excluding hydrogens is 402 g/mol. The number of hydrogen-bond donors (Lipinski definition) is 2. The molecule has 8 nitrogen and oxygen atoms in total. The minimum absolute atomic E-state index is 0.00621. The van der Waals surface area contributed by atoms with Crippen LogP contribution in [-0.4, -0.2) is 69.2 Å². The summed E-state index contributed by atoms with van der Waals surface area (Å²) < 4.78 is 29.6. The van der Waals surface area contributed by atoms with Gasteiger partial charge in [-0.15, -0.1) is 0 Å². The molecule has 2 aliphatic rings. The van der Waals surface area contributed by atoms with E-state index in [1.54, 1.807) is 7.05 Å². The third kappa shape index (κ3) is 5.80. The standard InChI is InChI=1S/C21H33N5O3S/c1-4-26(16(2)17-8-6-5-7-12-29-13-9-17)11-10-23-21-24-19-15-30(27,28)14-18(19)20(22-3)25-21/h6,8-9,16H,4-5,7,10-15H2,1-3H3,(H2,22,23,24,25). The first-order valence-corrected chi connectivity index (χ1v) is 12.5. The van der Waals surface area contributed by atoms with Crippen LogP contribution in [0, 0.1) is 0 Å². The van der Waals surface area contributed by atoms with Crippen LogP contribution in [0.2, 0.25) is 0 Å². The van der Waals surface area contributed by atoms with Gasteiger partial charge in [-0.1, -0.05) is 25.2 Å². The Labute approximate surface area is 179 Å². The molecule has 3 rings (SSSR count). The minimum Gasteiger partial charge on any atom is -0.377 e. The highest BCUT2D eigenvalue weighted by Gasteiger charge is 2.29. The molecule has 9 heteroatoms. The third-order valence-corrected chi connectivity index (χ3v) is 7.02. The van der Waals surface area contributed by atoms with Crippen LogP contribution in [0.5, 0.6) is 0 Å². The quantitative estimate of drug-likeness (QED) is 0.642. The number of likely N-dealkylation sites (N-methyl/N-ethyl adjacent to an activating group) is 1. The van der Waals surface area contributed by atoms with Gasteiger partial charge in [0.2, 0.25) is 5.95 Å². The summed E-state index contributed by atoms with van der Waals surface area (Å²) in [6.07, 6.45) is 8.72. The number of nitrogens with one attached hydrogen (secondary N) is 2. The van der Waals surface area contributed by atoms with Crippen LogP contribution < -0.4 is 10.6 Å². The lowest BCUT2D eigenvalue weighted by molar-refractivity contribution is 0.159. The van der Waals surface area contributed by atoms with E-state index < -0.39 is 9.84 Å². The zero-order valence-corrected chi connectivity index (χ0v) is 19.0. The van der Waals surface area contributed by atoms with Crippen molar-refractivity contribution in [2.24, 2.45) is 0 Å². The van der Waals surface area contributed by atoms with Gasteiger partial charge in [0, 0.05) is 38.3 Å². The lowest BCUT2D eigenvalue weighted by Gasteiger charge is -2.29. The van der Waals surface area contributed by atoms with E-state index in [0.29, 0.717) is 36.2 Å². The summed E-state index contributed by atoms with van der Waals surface area (Å²) in [5.74, 6) is 1.04. The highest BCUT2D eigenvalue weighted by molar-refractivity contribution is 7.90. The number of ether oxygens (including phenoxy) is 1. The molecule has 0 bridgehead atoms. The van der Waals surface area contributed by atoms with Gasteiger partial charge in [-0.2, -0.15) is 4.98 Å².